The van der Waals surface area contributed by atoms with Gasteiger partial charge in [-0.3, -0.25) is 4.79 Å². The topological polar surface area (TPSA) is 106 Å². The molecule has 2 aromatic heterocycles. The molecule has 2 aromatic carbocycles. The molecule has 0 aliphatic carbocycles. The Morgan fingerprint density at radius 2 is 1.58 bits per heavy atom. The van der Waals surface area contributed by atoms with Gasteiger partial charge >= 0.3 is 6.03 Å². The van der Waals surface area contributed by atoms with Crippen molar-refractivity contribution in [1.29, 1.82) is 0 Å². The van der Waals surface area contributed by atoms with Crippen LogP contribution in [0.2, 0.25) is 0 Å². The Morgan fingerprint density at radius 3 is 2.27 bits per heavy atom. The molecule has 0 bridgehead atoms. The minimum absolute atomic E-state index is 0.0985. The molecule has 3 N–H and O–H groups in total. The summed E-state index contributed by atoms with van der Waals surface area (Å²) in [7, 11) is 0. The van der Waals surface area contributed by atoms with E-state index in [1.54, 1.807) is 42.5 Å². The molecule has 9 heteroatoms. The molecule has 33 heavy (non-hydrogen) atoms. The first-order valence-electron chi connectivity index (χ1n) is 10.0. The van der Waals surface area contributed by atoms with Gasteiger partial charge < -0.3 is 29.5 Å². The summed E-state index contributed by atoms with van der Waals surface area (Å²) in [5.41, 5.74) is 1.09. The van der Waals surface area contributed by atoms with Crippen LogP contribution in [0.1, 0.15) is 22.1 Å². The van der Waals surface area contributed by atoms with E-state index in [0.717, 1.165) is 0 Å². The highest BCUT2D eigenvalue weighted by Crippen LogP contribution is 2.18. The van der Waals surface area contributed by atoms with Crippen LogP contribution in [0.5, 0.6) is 5.75 Å². The number of hydrogen-bond donors (Lipinski definition) is 3. The van der Waals surface area contributed by atoms with Crippen LogP contribution in [0.3, 0.4) is 0 Å². The molecule has 0 aliphatic heterocycles. The standard InChI is InChI=1S/C24H20FN3O5/c25-16-3-9-19(10-4-16)32-15-21-11-12-22(33-21)23(29)27-17-5-7-18(8-6-17)28-24(30)26-14-20-2-1-13-31-20/h1-13H,14-15H2,(H,27,29)(H2,26,28,30). The molecule has 168 valence electrons. The van der Waals surface area contributed by atoms with Crippen molar-refractivity contribution in [2.75, 3.05) is 10.6 Å². The van der Waals surface area contributed by atoms with Crippen molar-refractivity contribution >= 4 is 23.3 Å². The predicted molar refractivity (Wildman–Crippen MR) is 118 cm³/mol. The van der Waals surface area contributed by atoms with E-state index in [1.807, 2.05) is 0 Å². The fourth-order valence-electron chi connectivity index (χ4n) is 2.85. The van der Waals surface area contributed by atoms with Crippen LogP contribution in [0, 0.1) is 5.82 Å². The number of rotatable bonds is 8. The number of benzene rings is 2. The molecule has 4 aromatic rings. The first kappa shape index (κ1) is 21.7. The van der Waals surface area contributed by atoms with Crippen LogP contribution in [-0.4, -0.2) is 11.9 Å². The second-order valence-electron chi connectivity index (χ2n) is 6.93. The summed E-state index contributed by atoms with van der Waals surface area (Å²) in [6.45, 7) is 0.369. The maximum Gasteiger partial charge on any atom is 0.319 e. The molecule has 8 nitrogen and oxygen atoms in total. The normalized spacial score (nSPS) is 10.5. The second-order valence-corrected chi connectivity index (χ2v) is 6.93. The van der Waals surface area contributed by atoms with E-state index in [0.29, 0.717) is 28.6 Å². The van der Waals surface area contributed by atoms with Crippen molar-refractivity contribution in [3.05, 3.63) is 102 Å². The lowest BCUT2D eigenvalue weighted by Gasteiger charge is -2.08. The van der Waals surface area contributed by atoms with Gasteiger partial charge in [-0.05, 0) is 72.8 Å². The van der Waals surface area contributed by atoms with Crippen LogP contribution in [-0.2, 0) is 13.2 Å². The van der Waals surface area contributed by atoms with Gasteiger partial charge in [0.05, 0.1) is 12.8 Å². The van der Waals surface area contributed by atoms with E-state index in [9.17, 15) is 14.0 Å². The fraction of sp³-hybridized carbons (Fsp3) is 0.0833. The maximum atomic E-state index is 12.9. The average molecular weight is 449 g/mol. The monoisotopic (exact) mass is 449 g/mol. The summed E-state index contributed by atoms with van der Waals surface area (Å²) in [6, 6.07) is 18.5. The number of hydrogen-bond acceptors (Lipinski definition) is 5. The molecule has 2 heterocycles. The highest BCUT2D eigenvalue weighted by atomic mass is 19.1. The SMILES string of the molecule is O=C(NCc1ccco1)Nc1ccc(NC(=O)c2ccc(COc3ccc(F)cc3)o2)cc1. The molecule has 0 unspecified atom stereocenters. The lowest BCUT2D eigenvalue weighted by molar-refractivity contribution is 0.0992. The number of urea groups is 1. The summed E-state index contributed by atoms with van der Waals surface area (Å²) >= 11 is 0. The van der Waals surface area contributed by atoms with E-state index in [1.165, 1.54) is 36.6 Å². The van der Waals surface area contributed by atoms with E-state index in [2.05, 4.69) is 16.0 Å². The Hall–Kier alpha value is -4.53. The molecular weight excluding hydrogens is 429 g/mol. The predicted octanol–water partition coefficient (Wildman–Crippen LogP) is 5.16. The highest BCUT2D eigenvalue weighted by molar-refractivity contribution is 6.02. The van der Waals surface area contributed by atoms with E-state index < -0.39 is 5.91 Å². The van der Waals surface area contributed by atoms with Crippen molar-refractivity contribution in [3.63, 3.8) is 0 Å². The van der Waals surface area contributed by atoms with Crippen LogP contribution in [0.15, 0.2) is 87.9 Å². The minimum atomic E-state index is -0.431. The Kier molecular flexibility index (Phi) is 6.70. The number of carbonyl (C=O) groups is 2. The Morgan fingerprint density at radius 1 is 0.848 bits per heavy atom. The van der Waals surface area contributed by atoms with E-state index in [4.69, 9.17) is 13.6 Å². The first-order valence-corrected chi connectivity index (χ1v) is 10.0. The van der Waals surface area contributed by atoms with Gasteiger partial charge in [-0.15, -0.1) is 0 Å². The first-order chi connectivity index (χ1) is 16.0. The number of carbonyl (C=O) groups excluding carboxylic acids is 2. The largest absolute Gasteiger partial charge is 0.486 e. The van der Waals surface area contributed by atoms with Gasteiger partial charge in [-0.25, -0.2) is 9.18 Å². The molecule has 0 fully saturated rings. The number of halogens is 1. The van der Waals surface area contributed by atoms with E-state index in [-0.39, 0.29) is 30.8 Å². The van der Waals surface area contributed by atoms with Gasteiger partial charge in [-0.2, -0.15) is 0 Å². The average Bonchev–Trinajstić information content (AvgIpc) is 3.51. The lowest BCUT2D eigenvalue weighted by atomic mass is 10.2. The molecule has 0 aliphatic rings. The number of anilines is 2. The molecule has 4 rings (SSSR count). The maximum absolute atomic E-state index is 12.9. The van der Waals surface area contributed by atoms with Gasteiger partial charge in [0.2, 0.25) is 0 Å². The van der Waals surface area contributed by atoms with Crippen molar-refractivity contribution in [3.8, 4) is 5.75 Å². The second kappa shape index (κ2) is 10.2. The van der Waals surface area contributed by atoms with E-state index >= 15 is 0 Å². The number of furan rings is 2. The zero-order valence-corrected chi connectivity index (χ0v) is 17.3. The fourth-order valence-corrected chi connectivity index (χ4v) is 2.85. The van der Waals surface area contributed by atoms with Crippen molar-refractivity contribution < 1.29 is 27.6 Å². The molecule has 0 saturated heterocycles. The Balaban J connectivity index is 1.25. The summed E-state index contributed by atoms with van der Waals surface area (Å²) in [4.78, 5) is 24.4. The number of amides is 3. The van der Waals surface area contributed by atoms with Gasteiger partial charge in [-0.1, -0.05) is 0 Å². The van der Waals surface area contributed by atoms with Crippen LogP contribution in [0.25, 0.3) is 0 Å². The summed E-state index contributed by atoms with van der Waals surface area (Å²) in [6.07, 6.45) is 1.53. The smallest absolute Gasteiger partial charge is 0.319 e. The number of nitrogens with one attached hydrogen (secondary N) is 3. The van der Waals surface area contributed by atoms with Gasteiger partial charge in [0.15, 0.2) is 5.76 Å². The third kappa shape index (κ3) is 6.23. The quantitative estimate of drug-likeness (QED) is 0.344. The lowest BCUT2D eigenvalue weighted by Crippen LogP contribution is -2.27. The van der Waals surface area contributed by atoms with Crippen molar-refractivity contribution in [2.24, 2.45) is 0 Å². The molecule has 3 amide bonds. The zero-order valence-electron chi connectivity index (χ0n) is 17.3. The van der Waals surface area contributed by atoms with Crippen molar-refractivity contribution in [1.82, 2.24) is 5.32 Å². The Labute approximate surface area is 188 Å². The minimum Gasteiger partial charge on any atom is -0.486 e. The molecule has 0 atom stereocenters. The third-order valence-electron chi connectivity index (χ3n) is 4.48. The van der Waals surface area contributed by atoms with Crippen molar-refractivity contribution in [2.45, 2.75) is 13.2 Å². The molecular formula is C24H20FN3O5. The third-order valence-corrected chi connectivity index (χ3v) is 4.48. The molecule has 0 saturated carbocycles. The summed E-state index contributed by atoms with van der Waals surface area (Å²) < 4.78 is 29.1. The van der Waals surface area contributed by atoms with Crippen LogP contribution in [0.4, 0.5) is 20.6 Å². The molecule has 0 spiro atoms. The molecule has 0 radical (unpaired) electrons. The Bertz CT molecular complexity index is 1200. The summed E-state index contributed by atoms with van der Waals surface area (Å²) in [5, 5.41) is 8.09. The van der Waals surface area contributed by atoms with Crippen LogP contribution >= 0.6 is 0 Å². The highest BCUT2D eigenvalue weighted by Gasteiger charge is 2.12. The summed E-state index contributed by atoms with van der Waals surface area (Å²) in [5.74, 6) is 0.918. The van der Waals surface area contributed by atoms with Gasteiger partial charge in [0.25, 0.3) is 5.91 Å². The van der Waals surface area contributed by atoms with Gasteiger partial charge in [0.1, 0.15) is 29.7 Å². The van der Waals surface area contributed by atoms with Crippen LogP contribution < -0.4 is 20.7 Å². The zero-order chi connectivity index (χ0) is 23.0. The number of ether oxygens (including phenoxy) is 1. The van der Waals surface area contributed by atoms with Gasteiger partial charge in [0, 0.05) is 11.4 Å².